The Hall–Kier alpha value is -7.55. The van der Waals surface area contributed by atoms with Gasteiger partial charge in [-0.2, -0.15) is 25.9 Å². The number of alkyl halides is 3. The lowest BCUT2D eigenvalue weighted by molar-refractivity contribution is -0.192. The third-order valence-electron chi connectivity index (χ3n) is 11.9. The van der Waals surface area contributed by atoms with Crippen LogP contribution in [0.4, 0.5) is 54.1 Å². The number of carbonyl (C=O) groups is 5. The minimum atomic E-state index is -5.08. The summed E-state index contributed by atoms with van der Waals surface area (Å²) in [7, 11) is -2.88. The summed E-state index contributed by atoms with van der Waals surface area (Å²) in [5.41, 5.74) is 0.638. The van der Waals surface area contributed by atoms with E-state index in [9.17, 15) is 40.8 Å². The third kappa shape index (κ3) is 11.9. The third-order valence-corrected chi connectivity index (χ3v) is 13.5. The van der Waals surface area contributed by atoms with E-state index in [1.807, 2.05) is 9.80 Å². The van der Waals surface area contributed by atoms with Crippen LogP contribution < -0.4 is 30.5 Å². The number of urea groups is 1. The van der Waals surface area contributed by atoms with E-state index in [0.29, 0.717) is 87.0 Å². The number of piperidine rings is 2. The molecule has 27 heteroatoms. The number of carbonyl (C=O) groups excluding carboxylic acids is 4. The van der Waals surface area contributed by atoms with Crippen LogP contribution in [0.2, 0.25) is 0 Å². The van der Waals surface area contributed by atoms with Gasteiger partial charge in [0.15, 0.2) is 5.82 Å². The van der Waals surface area contributed by atoms with E-state index < -0.39 is 68.8 Å². The summed E-state index contributed by atoms with van der Waals surface area (Å²) in [4.78, 5) is 81.2. The van der Waals surface area contributed by atoms with Gasteiger partial charge in [-0.3, -0.25) is 24.4 Å². The molecule has 20 nitrogen and oxygen atoms in total. The second-order valence-corrected chi connectivity index (χ2v) is 18.3. The number of nitrogens with zero attached hydrogens (tertiary/aromatic N) is 7. The van der Waals surface area contributed by atoms with Gasteiger partial charge in [-0.05, 0) is 55.7 Å². The SMILES string of the molecule is CCN(C)S(=O)(=O)Nc1ccc(F)c(C(=O)c2c[nH]c3ncc(-c4cnc(N5CCN(C(=O)NC6CCN(c7ccc(NC8CCC(=O)NC8=O)cc7F)CC6)CC5)nc4)cc23)c1F.O=C(O)C(F)(F)F. The Kier molecular flexibility index (Phi) is 15.3. The molecule has 1 atom stereocenters. The van der Waals surface area contributed by atoms with Gasteiger partial charge in [-0.15, -0.1) is 0 Å². The summed E-state index contributed by atoms with van der Waals surface area (Å²) in [5, 5.41) is 15.8. The number of nitrogens with one attached hydrogen (secondary N) is 5. The monoisotopic (exact) mass is 1020 g/mol. The van der Waals surface area contributed by atoms with Gasteiger partial charge in [0.2, 0.25) is 23.5 Å². The molecule has 71 heavy (non-hydrogen) atoms. The normalized spacial score (nSPS) is 16.9. The largest absolute Gasteiger partial charge is 0.490 e. The molecule has 3 fully saturated rings. The molecule has 5 aromatic rings. The van der Waals surface area contributed by atoms with Crippen LogP contribution in [0.15, 0.2) is 61.2 Å². The van der Waals surface area contributed by atoms with Crippen LogP contribution >= 0.6 is 0 Å². The van der Waals surface area contributed by atoms with Crippen molar-refractivity contribution in [2.24, 2.45) is 0 Å². The van der Waals surface area contributed by atoms with Crippen molar-refractivity contribution in [2.45, 2.75) is 50.9 Å². The molecule has 2 aromatic carbocycles. The van der Waals surface area contributed by atoms with E-state index in [1.54, 1.807) is 42.4 Å². The molecule has 3 aliphatic rings. The van der Waals surface area contributed by atoms with Crippen LogP contribution in [0.3, 0.4) is 0 Å². The van der Waals surface area contributed by atoms with Crippen LogP contribution in [0, 0.1) is 17.5 Å². The fourth-order valence-corrected chi connectivity index (χ4v) is 8.80. The van der Waals surface area contributed by atoms with Gasteiger partial charge >= 0.3 is 28.4 Å². The lowest BCUT2D eigenvalue weighted by atomic mass is 10.0. The van der Waals surface area contributed by atoms with Crippen LogP contribution in [0.25, 0.3) is 22.2 Å². The number of hydrogen-bond donors (Lipinski definition) is 6. The van der Waals surface area contributed by atoms with E-state index in [4.69, 9.17) is 9.90 Å². The van der Waals surface area contributed by atoms with E-state index in [-0.39, 0.29) is 47.5 Å². The Morgan fingerprint density at radius 2 is 1.54 bits per heavy atom. The first kappa shape index (κ1) is 51.3. The zero-order chi connectivity index (χ0) is 51.4. The maximum absolute atomic E-state index is 15.6. The smallest absolute Gasteiger partial charge is 0.475 e. The average Bonchev–Trinajstić information content (AvgIpc) is 3.77. The molecular weight excluding hydrogens is 971 g/mol. The number of halogens is 6. The molecule has 1 unspecified atom stereocenters. The van der Waals surface area contributed by atoms with Crippen molar-refractivity contribution in [3.63, 3.8) is 0 Å². The second-order valence-electron chi connectivity index (χ2n) is 16.5. The molecule has 0 saturated carbocycles. The molecular formula is C44H46F6N12O8S. The molecule has 0 radical (unpaired) electrons. The molecule has 3 aliphatic heterocycles. The molecule has 3 saturated heterocycles. The predicted octanol–water partition coefficient (Wildman–Crippen LogP) is 4.63. The number of ketones is 1. The molecule has 0 bridgehead atoms. The van der Waals surface area contributed by atoms with Crippen molar-refractivity contribution in [1.29, 1.82) is 0 Å². The van der Waals surface area contributed by atoms with Crippen LogP contribution in [-0.4, -0.2) is 143 Å². The highest BCUT2D eigenvalue weighted by Gasteiger charge is 2.38. The fourth-order valence-electron chi connectivity index (χ4n) is 7.87. The Balaban J connectivity index is 0.000000985. The van der Waals surface area contributed by atoms with Crippen molar-refractivity contribution < 1.29 is 63.8 Å². The number of hydrogen-bond acceptors (Lipinski definition) is 13. The number of imide groups is 1. The molecule has 0 spiro atoms. The summed E-state index contributed by atoms with van der Waals surface area (Å²) in [6.07, 6.45) is 2.71. The van der Waals surface area contributed by atoms with Gasteiger partial charge in [-0.25, -0.2) is 37.7 Å². The van der Waals surface area contributed by atoms with Crippen molar-refractivity contribution in [2.75, 3.05) is 72.7 Å². The highest BCUT2D eigenvalue weighted by molar-refractivity contribution is 7.90. The van der Waals surface area contributed by atoms with Crippen LogP contribution in [0.5, 0.6) is 0 Å². The predicted molar refractivity (Wildman–Crippen MR) is 245 cm³/mol. The standard InChI is InChI=1S/C42H45F3N12O6S.C2HF3O2/c1-3-54(2)64(62,63)53-32-6-5-30(43)36(37(32)45)38(59)29-23-47-39-28(29)18-24(20-46-39)25-21-48-41(49-22-25)56-14-16-57(17-15-56)42(61)51-26-10-12-55(13-11-26)34-8-4-27(19-31(34)44)50-33-7-9-35(58)52-40(33)60;3-2(4,5)1(6)7/h4-6,8,18-23,26,33,50,53H,3,7,9-17H2,1-2H3,(H,46,47)(H,51,61)(H,52,58,60);(H,6,7). The Morgan fingerprint density at radius 1 is 0.873 bits per heavy atom. The summed E-state index contributed by atoms with van der Waals surface area (Å²) in [5.74, 6) is -7.04. The Bertz CT molecular complexity index is 2950. The number of aromatic nitrogens is 4. The lowest BCUT2D eigenvalue weighted by Crippen LogP contribution is -2.55. The fraction of sp³-hybridized carbons (Fsp3) is 0.364. The Labute approximate surface area is 401 Å². The van der Waals surface area contributed by atoms with Crippen molar-refractivity contribution in [3.8, 4) is 11.1 Å². The van der Waals surface area contributed by atoms with Crippen LogP contribution in [-0.2, 0) is 24.6 Å². The summed E-state index contributed by atoms with van der Waals surface area (Å²) < 4.78 is 106. The molecule has 8 rings (SSSR count). The Morgan fingerprint density at radius 3 is 2.15 bits per heavy atom. The maximum Gasteiger partial charge on any atom is 0.490 e. The summed E-state index contributed by atoms with van der Waals surface area (Å²) in [6, 6.07) is 7.19. The van der Waals surface area contributed by atoms with Gasteiger partial charge in [0.1, 0.15) is 23.3 Å². The number of aromatic amines is 1. The van der Waals surface area contributed by atoms with Crippen molar-refractivity contribution in [3.05, 3.63) is 89.8 Å². The molecule has 6 N–H and O–H groups in total. The summed E-state index contributed by atoms with van der Waals surface area (Å²) >= 11 is 0. The average molecular weight is 1020 g/mol. The van der Waals surface area contributed by atoms with Gasteiger partial charge in [-0.1, -0.05) is 6.92 Å². The highest BCUT2D eigenvalue weighted by atomic mass is 32.2. The number of amides is 4. The zero-order valence-electron chi connectivity index (χ0n) is 37.8. The quantitative estimate of drug-likeness (QED) is 0.0567. The number of H-pyrrole nitrogens is 1. The number of fused-ring (bicyclic) bond motifs is 1. The number of carboxylic acids is 1. The maximum atomic E-state index is 15.6. The summed E-state index contributed by atoms with van der Waals surface area (Å²) in [6.45, 7) is 4.56. The first-order valence-electron chi connectivity index (χ1n) is 21.9. The van der Waals surface area contributed by atoms with Gasteiger partial charge in [0, 0.05) is 118 Å². The minimum Gasteiger partial charge on any atom is -0.475 e. The topological polar surface area (TPSA) is 255 Å². The van der Waals surface area contributed by atoms with E-state index >= 15 is 13.2 Å². The van der Waals surface area contributed by atoms with Crippen molar-refractivity contribution >= 4 is 73.9 Å². The number of benzene rings is 2. The zero-order valence-corrected chi connectivity index (χ0v) is 38.6. The van der Waals surface area contributed by atoms with Gasteiger partial charge < -0.3 is 35.4 Å². The highest BCUT2D eigenvalue weighted by Crippen LogP contribution is 2.31. The first-order valence-corrected chi connectivity index (χ1v) is 23.4. The van der Waals surface area contributed by atoms with E-state index in [1.165, 1.54) is 25.5 Å². The minimum absolute atomic E-state index is 0.0849. The lowest BCUT2D eigenvalue weighted by Gasteiger charge is -2.37. The number of aliphatic carboxylic acids is 1. The second kappa shape index (κ2) is 21.2. The van der Waals surface area contributed by atoms with Crippen molar-refractivity contribution in [1.82, 2.24) is 39.8 Å². The molecule has 4 amide bonds. The van der Waals surface area contributed by atoms with E-state index in [0.717, 1.165) is 16.4 Å². The number of pyridine rings is 1. The van der Waals surface area contributed by atoms with Gasteiger partial charge in [0.05, 0.1) is 16.9 Å². The molecule has 378 valence electrons. The van der Waals surface area contributed by atoms with Crippen LogP contribution in [0.1, 0.15) is 48.5 Å². The number of carboxylic acid groups (broad SMARTS) is 1. The molecule has 3 aromatic heterocycles. The first-order chi connectivity index (χ1) is 33.6. The number of anilines is 4. The number of rotatable bonds is 12. The van der Waals surface area contributed by atoms with E-state index in [2.05, 4.69) is 40.6 Å². The molecule has 6 heterocycles. The molecule has 0 aliphatic carbocycles. The van der Waals surface area contributed by atoms with Gasteiger partial charge in [0.25, 0.3) is 0 Å². The number of piperazine rings is 1.